The van der Waals surface area contributed by atoms with Crippen LogP contribution in [0, 0.1) is 5.41 Å². The Morgan fingerprint density at radius 3 is 2.47 bits per heavy atom. The fourth-order valence-electron chi connectivity index (χ4n) is 1.99. The van der Waals surface area contributed by atoms with Crippen molar-refractivity contribution in [3.8, 4) is 0 Å². The van der Waals surface area contributed by atoms with Crippen LogP contribution in [-0.4, -0.2) is 19.0 Å². The first-order valence-corrected chi connectivity index (χ1v) is 5.79. The average molecular weight is 255 g/mol. The van der Waals surface area contributed by atoms with Gasteiger partial charge in [0.1, 0.15) is 0 Å². The summed E-state index contributed by atoms with van der Waals surface area (Å²) in [5.74, 6) is 0.168. The molecule has 0 unspecified atom stereocenters. The van der Waals surface area contributed by atoms with E-state index in [9.17, 15) is 4.79 Å². The quantitative estimate of drug-likeness (QED) is 0.837. The maximum atomic E-state index is 11.9. The topological polar surface area (TPSA) is 55.1 Å². The van der Waals surface area contributed by atoms with Crippen molar-refractivity contribution < 1.29 is 4.79 Å². The molecule has 0 bridgehead atoms. The summed E-state index contributed by atoms with van der Waals surface area (Å²) in [6.07, 6.45) is 2.85. The zero-order valence-electron chi connectivity index (χ0n) is 9.82. The van der Waals surface area contributed by atoms with E-state index in [2.05, 4.69) is 17.4 Å². The van der Waals surface area contributed by atoms with Crippen molar-refractivity contribution in [3.63, 3.8) is 0 Å². The lowest BCUT2D eigenvalue weighted by atomic mass is 9.95. The van der Waals surface area contributed by atoms with Crippen LogP contribution >= 0.6 is 12.4 Å². The Morgan fingerprint density at radius 1 is 1.29 bits per heavy atom. The molecule has 4 heteroatoms. The summed E-state index contributed by atoms with van der Waals surface area (Å²) in [6.45, 7) is 1.09. The highest BCUT2D eigenvalue weighted by molar-refractivity contribution is 5.85. The lowest BCUT2D eigenvalue weighted by Crippen LogP contribution is -2.36. The summed E-state index contributed by atoms with van der Waals surface area (Å²) in [5.41, 5.74) is 6.47. The van der Waals surface area contributed by atoms with Crippen LogP contribution in [0.2, 0.25) is 0 Å². The Kier molecular flexibility index (Phi) is 4.97. The minimum absolute atomic E-state index is 0. The van der Waals surface area contributed by atoms with Crippen molar-refractivity contribution in [2.45, 2.75) is 19.3 Å². The van der Waals surface area contributed by atoms with E-state index in [4.69, 9.17) is 5.73 Å². The molecule has 1 aromatic rings. The van der Waals surface area contributed by atoms with Crippen LogP contribution in [0.5, 0.6) is 0 Å². The maximum Gasteiger partial charge on any atom is 0.226 e. The van der Waals surface area contributed by atoms with Gasteiger partial charge in [-0.05, 0) is 24.8 Å². The summed E-state index contributed by atoms with van der Waals surface area (Å²) >= 11 is 0. The molecular formula is C13H19ClN2O. The second kappa shape index (κ2) is 6.03. The Morgan fingerprint density at radius 2 is 1.94 bits per heavy atom. The third-order valence-electron chi connectivity index (χ3n) is 3.15. The molecule has 17 heavy (non-hydrogen) atoms. The molecule has 1 aromatic carbocycles. The van der Waals surface area contributed by atoms with E-state index >= 15 is 0 Å². The van der Waals surface area contributed by atoms with Crippen LogP contribution in [-0.2, 0) is 11.2 Å². The van der Waals surface area contributed by atoms with E-state index in [1.54, 1.807) is 0 Å². The van der Waals surface area contributed by atoms with Crippen LogP contribution in [0.3, 0.4) is 0 Å². The van der Waals surface area contributed by atoms with Gasteiger partial charge in [-0.3, -0.25) is 4.79 Å². The average Bonchev–Trinajstić information content (AvgIpc) is 3.08. The number of nitrogens with two attached hydrogens (primary N) is 1. The number of hydrogen-bond donors (Lipinski definition) is 2. The molecule has 3 nitrogen and oxygen atoms in total. The second-order valence-corrected chi connectivity index (χ2v) is 4.49. The molecule has 0 heterocycles. The lowest BCUT2D eigenvalue weighted by molar-refractivity contribution is -0.126. The maximum absolute atomic E-state index is 11.9. The van der Waals surface area contributed by atoms with Crippen LogP contribution in [0.15, 0.2) is 30.3 Å². The summed E-state index contributed by atoms with van der Waals surface area (Å²) in [7, 11) is 0. The highest BCUT2D eigenvalue weighted by atomic mass is 35.5. The van der Waals surface area contributed by atoms with Crippen molar-refractivity contribution in [1.82, 2.24) is 5.32 Å². The molecule has 2 rings (SSSR count). The highest BCUT2D eigenvalue weighted by Crippen LogP contribution is 2.48. The van der Waals surface area contributed by atoms with Crippen LogP contribution in [0.1, 0.15) is 18.4 Å². The number of amides is 1. The van der Waals surface area contributed by atoms with Crippen LogP contribution in [0.25, 0.3) is 0 Å². The Balaban J connectivity index is 0.00000144. The molecule has 1 saturated carbocycles. The third-order valence-corrected chi connectivity index (χ3v) is 3.15. The van der Waals surface area contributed by atoms with Gasteiger partial charge in [0.2, 0.25) is 5.91 Å². The number of hydrogen-bond acceptors (Lipinski definition) is 2. The molecule has 1 aliphatic rings. The van der Waals surface area contributed by atoms with E-state index in [1.165, 1.54) is 5.56 Å². The SMILES string of the molecule is Cl.NCCNC(=O)C1(Cc2ccccc2)CC1. The van der Waals surface area contributed by atoms with E-state index < -0.39 is 0 Å². The van der Waals surface area contributed by atoms with Gasteiger partial charge in [-0.25, -0.2) is 0 Å². The van der Waals surface area contributed by atoms with Crippen molar-refractivity contribution in [2.75, 3.05) is 13.1 Å². The van der Waals surface area contributed by atoms with E-state index in [0.29, 0.717) is 13.1 Å². The highest BCUT2D eigenvalue weighted by Gasteiger charge is 2.49. The molecule has 0 atom stereocenters. The fourth-order valence-corrected chi connectivity index (χ4v) is 1.99. The molecular weight excluding hydrogens is 236 g/mol. The normalized spacial score (nSPS) is 15.8. The Hall–Kier alpha value is -1.06. The van der Waals surface area contributed by atoms with Crippen LogP contribution < -0.4 is 11.1 Å². The van der Waals surface area contributed by atoms with Gasteiger partial charge in [-0.1, -0.05) is 30.3 Å². The zero-order chi connectivity index (χ0) is 11.4. The summed E-state index contributed by atoms with van der Waals surface area (Å²) in [5, 5.41) is 2.89. The lowest BCUT2D eigenvalue weighted by Gasteiger charge is -2.14. The molecule has 1 amide bonds. The molecule has 0 aromatic heterocycles. The number of carbonyl (C=O) groups excluding carboxylic acids is 1. The van der Waals surface area contributed by atoms with Gasteiger partial charge in [0.25, 0.3) is 0 Å². The van der Waals surface area contributed by atoms with E-state index in [-0.39, 0.29) is 23.7 Å². The molecule has 0 radical (unpaired) electrons. The van der Waals surface area contributed by atoms with Gasteiger partial charge in [-0.15, -0.1) is 12.4 Å². The predicted molar refractivity (Wildman–Crippen MR) is 71.1 cm³/mol. The van der Waals surface area contributed by atoms with E-state index in [1.807, 2.05) is 18.2 Å². The smallest absolute Gasteiger partial charge is 0.226 e. The summed E-state index contributed by atoms with van der Waals surface area (Å²) in [6, 6.07) is 10.2. The first-order chi connectivity index (χ1) is 7.77. The molecule has 0 saturated heterocycles. The largest absolute Gasteiger partial charge is 0.354 e. The molecule has 0 aliphatic heterocycles. The molecule has 94 valence electrons. The van der Waals surface area contributed by atoms with Gasteiger partial charge in [0.05, 0.1) is 5.41 Å². The standard InChI is InChI=1S/C13H18N2O.ClH/c14-8-9-15-12(16)13(6-7-13)10-11-4-2-1-3-5-11;/h1-5H,6-10,14H2,(H,15,16);1H. The molecule has 1 fully saturated rings. The van der Waals surface area contributed by atoms with Gasteiger partial charge in [-0.2, -0.15) is 0 Å². The van der Waals surface area contributed by atoms with Gasteiger partial charge < -0.3 is 11.1 Å². The zero-order valence-corrected chi connectivity index (χ0v) is 10.6. The number of rotatable bonds is 5. The predicted octanol–water partition coefficient (Wildman–Crippen LogP) is 1.51. The Labute approximate surface area is 108 Å². The third kappa shape index (κ3) is 3.45. The minimum Gasteiger partial charge on any atom is -0.354 e. The minimum atomic E-state index is -0.142. The first kappa shape index (κ1) is 14.0. The number of carbonyl (C=O) groups is 1. The van der Waals surface area contributed by atoms with Gasteiger partial charge >= 0.3 is 0 Å². The Bertz CT molecular complexity index is 363. The first-order valence-electron chi connectivity index (χ1n) is 5.79. The van der Waals surface area contributed by atoms with Crippen LogP contribution in [0.4, 0.5) is 0 Å². The summed E-state index contributed by atoms with van der Waals surface area (Å²) < 4.78 is 0. The summed E-state index contributed by atoms with van der Waals surface area (Å²) in [4.78, 5) is 11.9. The van der Waals surface area contributed by atoms with Gasteiger partial charge in [0.15, 0.2) is 0 Å². The number of halogens is 1. The number of nitrogens with one attached hydrogen (secondary N) is 1. The van der Waals surface area contributed by atoms with Crippen molar-refractivity contribution in [1.29, 1.82) is 0 Å². The molecule has 0 spiro atoms. The number of benzene rings is 1. The fraction of sp³-hybridized carbons (Fsp3) is 0.462. The van der Waals surface area contributed by atoms with Crippen molar-refractivity contribution in [2.24, 2.45) is 11.1 Å². The second-order valence-electron chi connectivity index (χ2n) is 4.49. The van der Waals surface area contributed by atoms with Crippen molar-refractivity contribution in [3.05, 3.63) is 35.9 Å². The molecule has 1 aliphatic carbocycles. The molecule has 3 N–H and O–H groups in total. The monoisotopic (exact) mass is 254 g/mol. The van der Waals surface area contributed by atoms with Crippen molar-refractivity contribution >= 4 is 18.3 Å². The van der Waals surface area contributed by atoms with E-state index in [0.717, 1.165) is 19.3 Å². The van der Waals surface area contributed by atoms with Gasteiger partial charge in [0, 0.05) is 13.1 Å².